The number of fused-ring (bicyclic) bond motifs is 1. The number of imide groups is 1. The fourth-order valence-electron chi connectivity index (χ4n) is 2.00. The van der Waals surface area contributed by atoms with Crippen molar-refractivity contribution < 1.29 is 19.1 Å². The second-order valence-corrected chi connectivity index (χ2v) is 4.94. The molecular weight excluding hydrogens is 316 g/mol. The first-order valence-electron chi connectivity index (χ1n) is 7.04. The van der Waals surface area contributed by atoms with Gasteiger partial charge in [-0.3, -0.25) is 14.9 Å². The molecule has 9 heteroatoms. The van der Waals surface area contributed by atoms with Crippen LogP contribution in [0.2, 0.25) is 0 Å². The maximum Gasteiger partial charge on any atom is 0.360 e. The lowest BCUT2D eigenvalue weighted by Gasteiger charge is -2.13. The zero-order valence-electron chi connectivity index (χ0n) is 13.3. The molecule has 2 rings (SSSR count). The molecule has 2 N–H and O–H groups in total. The lowest BCUT2D eigenvalue weighted by Crippen LogP contribution is -2.43. The van der Waals surface area contributed by atoms with Crippen LogP contribution in [0.5, 0.6) is 0 Å². The number of hydrogen-bond acceptors (Lipinski definition) is 6. The number of nitrogens with one attached hydrogen (secondary N) is 2. The van der Waals surface area contributed by atoms with Crippen molar-refractivity contribution in [2.24, 2.45) is 7.05 Å². The summed E-state index contributed by atoms with van der Waals surface area (Å²) in [5, 5.41) is 8.76. The number of nitrogens with zero attached hydrogens (tertiary/aromatic N) is 2. The van der Waals surface area contributed by atoms with E-state index in [9.17, 15) is 19.2 Å². The van der Waals surface area contributed by atoms with Gasteiger partial charge in [0.25, 0.3) is 11.5 Å². The number of benzene rings is 1. The molecule has 9 nitrogen and oxygen atoms in total. The van der Waals surface area contributed by atoms with Crippen molar-refractivity contribution in [1.82, 2.24) is 20.4 Å². The molecule has 0 spiro atoms. The van der Waals surface area contributed by atoms with Crippen LogP contribution < -0.4 is 16.2 Å². The molecule has 0 saturated carbocycles. The zero-order valence-corrected chi connectivity index (χ0v) is 13.3. The summed E-state index contributed by atoms with van der Waals surface area (Å²) in [5.41, 5.74) is -0.445. The normalized spacial score (nSPS) is 11.6. The molecule has 0 fully saturated rings. The van der Waals surface area contributed by atoms with E-state index in [-0.39, 0.29) is 11.3 Å². The van der Waals surface area contributed by atoms with E-state index < -0.39 is 24.0 Å². The third-order valence-electron chi connectivity index (χ3n) is 3.27. The van der Waals surface area contributed by atoms with Gasteiger partial charge in [0, 0.05) is 19.5 Å². The maximum absolute atomic E-state index is 12.3. The van der Waals surface area contributed by atoms with E-state index in [4.69, 9.17) is 4.74 Å². The highest BCUT2D eigenvalue weighted by atomic mass is 16.5. The minimum absolute atomic E-state index is 0.0905. The molecule has 126 valence electrons. The van der Waals surface area contributed by atoms with Gasteiger partial charge in [-0.1, -0.05) is 18.2 Å². The first-order valence-corrected chi connectivity index (χ1v) is 7.04. The first-order chi connectivity index (χ1) is 11.3. The molecule has 1 heterocycles. The summed E-state index contributed by atoms with van der Waals surface area (Å²) in [7, 11) is 2.76. The van der Waals surface area contributed by atoms with Gasteiger partial charge in [0.15, 0.2) is 11.8 Å². The van der Waals surface area contributed by atoms with Gasteiger partial charge in [-0.15, -0.1) is 0 Å². The highest BCUT2D eigenvalue weighted by Gasteiger charge is 2.23. The van der Waals surface area contributed by atoms with Crippen LogP contribution in [0.25, 0.3) is 10.8 Å². The van der Waals surface area contributed by atoms with E-state index in [0.29, 0.717) is 10.8 Å². The van der Waals surface area contributed by atoms with Crippen molar-refractivity contribution in [3.05, 3.63) is 40.3 Å². The summed E-state index contributed by atoms with van der Waals surface area (Å²) in [6.45, 7) is 1.32. The summed E-state index contributed by atoms with van der Waals surface area (Å²) in [5.74, 6) is -1.65. The molecular formula is C15H16N4O5. The van der Waals surface area contributed by atoms with Crippen molar-refractivity contribution in [1.29, 1.82) is 0 Å². The average molecular weight is 332 g/mol. The third kappa shape index (κ3) is 3.40. The van der Waals surface area contributed by atoms with Gasteiger partial charge in [-0.2, -0.15) is 5.10 Å². The highest BCUT2D eigenvalue weighted by molar-refractivity contribution is 6.03. The number of rotatable bonds is 3. The monoisotopic (exact) mass is 332 g/mol. The average Bonchev–Trinajstić information content (AvgIpc) is 2.57. The largest absolute Gasteiger partial charge is 0.448 e. The second kappa shape index (κ2) is 6.90. The number of aromatic nitrogens is 2. The van der Waals surface area contributed by atoms with Crippen molar-refractivity contribution in [2.75, 3.05) is 7.05 Å². The molecule has 0 saturated heterocycles. The van der Waals surface area contributed by atoms with Crippen LogP contribution in [-0.2, 0) is 16.6 Å². The minimum atomic E-state index is -1.22. The smallest absolute Gasteiger partial charge is 0.360 e. The van der Waals surface area contributed by atoms with E-state index in [1.165, 1.54) is 21.0 Å². The second-order valence-electron chi connectivity index (χ2n) is 4.94. The Balaban J connectivity index is 2.29. The van der Waals surface area contributed by atoms with Gasteiger partial charge in [0.05, 0.1) is 5.39 Å². The molecule has 0 aliphatic heterocycles. The Bertz CT molecular complexity index is 874. The number of carbonyl (C=O) groups excluding carboxylic acids is 3. The molecule has 2 aromatic rings. The zero-order chi connectivity index (χ0) is 17.9. The van der Waals surface area contributed by atoms with Crippen molar-refractivity contribution >= 4 is 28.7 Å². The standard InChI is InChI=1S/C15H16N4O5/c1-8(12(20)17-15(23)16-2)24-14(22)11-9-6-4-5-7-10(9)13(21)19(3)18-11/h4-8H,1-3H3,(H2,16,17,20,23)/t8-/m0/s1. The van der Waals surface area contributed by atoms with Gasteiger partial charge in [0.2, 0.25) is 0 Å². The Labute approximate surface area is 136 Å². The number of carbonyl (C=O) groups is 3. The predicted octanol–water partition coefficient (Wildman–Crippen LogP) is -0.0656. The van der Waals surface area contributed by atoms with Crippen molar-refractivity contribution in [3.8, 4) is 0 Å². The van der Waals surface area contributed by atoms with Gasteiger partial charge in [-0.05, 0) is 13.0 Å². The van der Waals surface area contributed by atoms with Crippen LogP contribution >= 0.6 is 0 Å². The van der Waals surface area contributed by atoms with E-state index in [1.54, 1.807) is 24.3 Å². The van der Waals surface area contributed by atoms with Crippen molar-refractivity contribution in [3.63, 3.8) is 0 Å². The lowest BCUT2D eigenvalue weighted by atomic mass is 10.1. The maximum atomic E-state index is 12.3. The minimum Gasteiger partial charge on any atom is -0.448 e. The van der Waals surface area contributed by atoms with Crippen LogP contribution in [0.3, 0.4) is 0 Å². The first kappa shape index (κ1) is 17.1. The SMILES string of the molecule is CNC(=O)NC(=O)[C@H](C)OC(=O)c1nn(C)c(=O)c2ccccc12. The number of urea groups is 1. The summed E-state index contributed by atoms with van der Waals surface area (Å²) >= 11 is 0. The molecule has 1 aromatic heterocycles. The summed E-state index contributed by atoms with van der Waals surface area (Å²) in [4.78, 5) is 47.2. The fraction of sp³-hybridized carbons (Fsp3) is 0.267. The fourth-order valence-corrected chi connectivity index (χ4v) is 2.00. The van der Waals surface area contributed by atoms with Crippen LogP contribution in [0.4, 0.5) is 4.79 Å². The number of hydrogen-bond donors (Lipinski definition) is 2. The number of aryl methyl sites for hydroxylation is 1. The van der Waals surface area contributed by atoms with E-state index >= 15 is 0 Å². The molecule has 24 heavy (non-hydrogen) atoms. The summed E-state index contributed by atoms with van der Waals surface area (Å²) in [6.07, 6.45) is -1.22. The number of amides is 3. The number of ether oxygens (including phenoxy) is 1. The molecule has 0 aliphatic rings. The summed E-state index contributed by atoms with van der Waals surface area (Å²) < 4.78 is 6.06. The Morgan fingerprint density at radius 2 is 1.83 bits per heavy atom. The third-order valence-corrected chi connectivity index (χ3v) is 3.27. The van der Waals surface area contributed by atoms with E-state index in [1.807, 2.05) is 5.32 Å². The Morgan fingerprint density at radius 3 is 2.46 bits per heavy atom. The lowest BCUT2D eigenvalue weighted by molar-refractivity contribution is -0.127. The van der Waals surface area contributed by atoms with Gasteiger partial charge < -0.3 is 10.1 Å². The Kier molecular flexibility index (Phi) is 4.93. The Hall–Kier alpha value is -3.23. The topological polar surface area (TPSA) is 119 Å². The quantitative estimate of drug-likeness (QED) is 0.760. The predicted molar refractivity (Wildman–Crippen MR) is 84.5 cm³/mol. The Morgan fingerprint density at radius 1 is 1.21 bits per heavy atom. The molecule has 0 radical (unpaired) electrons. The molecule has 1 aromatic carbocycles. The summed E-state index contributed by atoms with van der Waals surface area (Å²) in [6, 6.07) is 5.74. The van der Waals surface area contributed by atoms with Crippen LogP contribution in [0.1, 0.15) is 17.4 Å². The molecule has 0 aliphatic carbocycles. The van der Waals surface area contributed by atoms with E-state index in [2.05, 4.69) is 10.4 Å². The molecule has 1 atom stereocenters. The van der Waals surface area contributed by atoms with E-state index in [0.717, 1.165) is 4.68 Å². The van der Waals surface area contributed by atoms with Crippen LogP contribution in [0, 0.1) is 0 Å². The van der Waals surface area contributed by atoms with Crippen molar-refractivity contribution in [2.45, 2.75) is 13.0 Å². The van der Waals surface area contributed by atoms with Gasteiger partial charge in [0.1, 0.15) is 0 Å². The van der Waals surface area contributed by atoms with Crippen LogP contribution in [-0.4, -0.2) is 40.8 Å². The molecule has 0 bridgehead atoms. The molecule has 3 amide bonds. The van der Waals surface area contributed by atoms with Crippen LogP contribution in [0.15, 0.2) is 29.1 Å². The van der Waals surface area contributed by atoms with Gasteiger partial charge >= 0.3 is 12.0 Å². The highest BCUT2D eigenvalue weighted by Crippen LogP contribution is 2.14. The van der Waals surface area contributed by atoms with Gasteiger partial charge in [-0.25, -0.2) is 14.3 Å². The molecule has 0 unspecified atom stereocenters. The number of esters is 1.